The van der Waals surface area contributed by atoms with Gasteiger partial charge in [-0.3, -0.25) is 9.80 Å². The summed E-state index contributed by atoms with van der Waals surface area (Å²) in [5.41, 5.74) is 19.7. The third-order valence-electron chi connectivity index (χ3n) is 18.6. The number of carbonyl (C=O) groups is 2. The number of hydrogen-bond acceptors (Lipinski definition) is 24. The number of rotatable bonds is 18. The number of fused-ring (bicyclic) bond motifs is 4. The number of nitrogens with zero attached hydrogens (tertiary/aromatic N) is 14. The van der Waals surface area contributed by atoms with Crippen LogP contribution in [0, 0.1) is 0 Å². The van der Waals surface area contributed by atoms with Crippen LogP contribution in [0.3, 0.4) is 0 Å². The highest BCUT2D eigenvalue weighted by Crippen LogP contribution is 2.41. The summed E-state index contributed by atoms with van der Waals surface area (Å²) in [6.45, 7) is 12.1. The van der Waals surface area contributed by atoms with Gasteiger partial charge < -0.3 is 80.1 Å². The van der Waals surface area contributed by atoms with E-state index in [1.54, 1.807) is 40.1 Å². The quantitative estimate of drug-likeness (QED) is 0.0507. The molecular formula is C70H82BClN16O10. The predicted octanol–water partition coefficient (Wildman–Crippen LogP) is 6.39. The number of nitrogen functional groups attached to an aromatic ring is 2. The molecule has 8 aromatic rings. The highest BCUT2D eigenvalue weighted by Gasteiger charge is 2.43. The molecule has 0 aliphatic carbocycles. The van der Waals surface area contributed by atoms with E-state index in [2.05, 4.69) is 71.9 Å². The van der Waals surface area contributed by atoms with Crippen LogP contribution >= 0.6 is 11.6 Å². The molecule has 4 bridgehead atoms. The number of aromatic nitrogens is 6. The van der Waals surface area contributed by atoms with E-state index < -0.39 is 7.12 Å². The van der Waals surface area contributed by atoms with Crippen molar-refractivity contribution in [1.82, 2.24) is 50.0 Å². The Morgan fingerprint density at radius 1 is 0.510 bits per heavy atom. The van der Waals surface area contributed by atoms with Crippen molar-refractivity contribution >= 4 is 70.8 Å². The van der Waals surface area contributed by atoms with Gasteiger partial charge in [0.25, 0.3) is 0 Å². The summed E-state index contributed by atoms with van der Waals surface area (Å²) in [6.07, 6.45) is 7.49. The molecule has 26 nitrogen and oxygen atoms in total. The molecule has 2 amide bonds. The van der Waals surface area contributed by atoms with Gasteiger partial charge in [-0.05, 0) is 73.2 Å². The van der Waals surface area contributed by atoms with E-state index in [-0.39, 0.29) is 35.8 Å². The van der Waals surface area contributed by atoms with E-state index in [4.69, 9.17) is 57.2 Å². The van der Waals surface area contributed by atoms with Gasteiger partial charge in [0.15, 0.2) is 16.8 Å². The Morgan fingerprint density at radius 3 is 1.39 bits per heavy atom. The molecular weight excluding hydrogens is 1270 g/mol. The van der Waals surface area contributed by atoms with Crippen LogP contribution in [0.4, 0.5) is 44.0 Å². The molecule has 98 heavy (non-hydrogen) atoms. The normalized spacial score (nSPS) is 19.0. The van der Waals surface area contributed by atoms with E-state index in [0.717, 1.165) is 125 Å². The number of anilines is 6. The second-order valence-electron chi connectivity index (χ2n) is 24.9. The first-order valence-corrected chi connectivity index (χ1v) is 33.6. The Labute approximate surface area is 574 Å². The number of halogens is 1. The average Bonchev–Trinajstić information content (AvgIpc) is 1.67. The van der Waals surface area contributed by atoms with Crippen LogP contribution in [0.25, 0.3) is 11.3 Å². The van der Waals surface area contributed by atoms with Crippen LogP contribution in [0.5, 0.6) is 23.3 Å². The lowest BCUT2D eigenvalue weighted by atomic mass is 9.80. The average molecular weight is 1350 g/mol. The SMILES string of the molecule is Nc1nnc(-c2ccccc2O)cc1N1CC2CCC(C1)N2c1ccnc(OCCN2CCN(C(=O)OCc3ccccc3)CC2)c1.Nc1nnc(Cl)cc1N1CC2CCC(C1)N2c1ccnc(OCCN2CCN(C(=O)OCc3ccccc3)CC2)c1.OB(O)c1ccccc1O. The lowest BCUT2D eigenvalue weighted by molar-refractivity contribution is 0.0676. The van der Waals surface area contributed by atoms with Crippen molar-refractivity contribution in [2.45, 2.75) is 63.1 Å². The Kier molecular flexibility index (Phi) is 22.5. The number of phenolic OH excluding ortho intramolecular Hbond substituents is 2. The van der Waals surface area contributed by atoms with Gasteiger partial charge in [0.05, 0.1) is 17.1 Å². The predicted molar refractivity (Wildman–Crippen MR) is 375 cm³/mol. The molecule has 6 aliphatic heterocycles. The van der Waals surface area contributed by atoms with Crippen molar-refractivity contribution in [2.24, 2.45) is 0 Å². The fourth-order valence-corrected chi connectivity index (χ4v) is 13.7. The molecule has 6 saturated heterocycles. The van der Waals surface area contributed by atoms with E-state index in [0.29, 0.717) is 110 Å². The van der Waals surface area contributed by atoms with Crippen molar-refractivity contribution in [2.75, 3.05) is 136 Å². The van der Waals surface area contributed by atoms with Crippen LogP contribution in [-0.2, 0) is 22.7 Å². The number of phenols is 2. The first-order valence-electron chi connectivity index (χ1n) is 33.2. The Morgan fingerprint density at radius 2 is 0.939 bits per heavy atom. The van der Waals surface area contributed by atoms with Gasteiger partial charge in [-0.25, -0.2) is 19.6 Å². The topological polar surface area (TPSA) is 307 Å². The minimum absolute atomic E-state index is 0.0995. The summed E-state index contributed by atoms with van der Waals surface area (Å²) in [6, 6.07) is 45.9. The Bertz CT molecular complexity index is 3910. The molecule has 4 aromatic heterocycles. The molecule has 4 atom stereocenters. The molecule has 512 valence electrons. The van der Waals surface area contributed by atoms with Gasteiger partial charge in [-0.1, -0.05) is 103 Å². The van der Waals surface area contributed by atoms with Crippen LogP contribution in [0.1, 0.15) is 36.8 Å². The third kappa shape index (κ3) is 17.2. The van der Waals surface area contributed by atoms with E-state index in [1.807, 2.05) is 103 Å². The zero-order valence-corrected chi connectivity index (χ0v) is 55.2. The van der Waals surface area contributed by atoms with Crippen LogP contribution in [-0.4, -0.2) is 219 Å². The summed E-state index contributed by atoms with van der Waals surface area (Å²) in [7, 11) is -1.60. The zero-order chi connectivity index (χ0) is 67.9. The summed E-state index contributed by atoms with van der Waals surface area (Å²) >= 11 is 6.10. The lowest BCUT2D eigenvalue weighted by Gasteiger charge is -2.43. The van der Waals surface area contributed by atoms with E-state index in [9.17, 15) is 14.7 Å². The number of amides is 2. The minimum atomic E-state index is -1.60. The maximum atomic E-state index is 12.5. The molecule has 8 N–H and O–H groups in total. The highest BCUT2D eigenvalue weighted by atomic mass is 35.5. The number of ether oxygens (including phenoxy) is 4. The number of benzene rings is 4. The highest BCUT2D eigenvalue weighted by molar-refractivity contribution is 6.59. The maximum absolute atomic E-state index is 12.5. The molecule has 4 aromatic carbocycles. The van der Waals surface area contributed by atoms with Gasteiger partial charge in [0.1, 0.15) is 37.9 Å². The first-order chi connectivity index (χ1) is 47.8. The molecule has 28 heteroatoms. The van der Waals surface area contributed by atoms with Crippen molar-refractivity contribution in [3.05, 3.63) is 174 Å². The van der Waals surface area contributed by atoms with Crippen molar-refractivity contribution in [1.29, 1.82) is 0 Å². The molecule has 6 fully saturated rings. The summed E-state index contributed by atoms with van der Waals surface area (Å²) in [4.78, 5) is 51.6. The number of hydrogen-bond donors (Lipinski definition) is 6. The molecule has 14 rings (SSSR count). The van der Waals surface area contributed by atoms with Crippen LogP contribution < -0.4 is 46.0 Å². The van der Waals surface area contributed by atoms with E-state index >= 15 is 0 Å². The van der Waals surface area contributed by atoms with Gasteiger partial charge in [0, 0.05) is 169 Å². The van der Waals surface area contributed by atoms with Gasteiger partial charge in [-0.2, -0.15) is 0 Å². The van der Waals surface area contributed by atoms with Crippen molar-refractivity contribution in [3.63, 3.8) is 0 Å². The van der Waals surface area contributed by atoms with Gasteiger partial charge in [0.2, 0.25) is 11.8 Å². The monoisotopic (exact) mass is 1350 g/mol. The number of nitrogens with two attached hydrogens (primary N) is 2. The standard InChI is InChI=1S/C35H40N8O4.C29H35ClN8O3.C6H7BO3/c36-34-31(21-30(38-39-34)29-8-4-5-9-32(29)44)42-22-27-10-11-28(23-42)43(27)26-12-13-37-33(20-26)46-19-18-40-14-16-41(17-15-40)35(45)47-24-25-6-2-1-3-7-25;30-26-17-25(28(31)34-33-26)37-18-23-6-7-24(19-37)38(23)22-8-9-32-27(16-22)40-15-14-35-10-12-36(13-11-35)29(39)41-20-21-4-2-1-3-5-21;8-6-4-2-1-3-5(6)7(9)10/h1-9,12-13,20-21,27-28,44H,10-11,14-19,22-24H2,(H2,36,39);1-5,8-9,16-17,23-24H,6-7,10-15,18-20H2,(H2,31,34);1-4,8-10H. The van der Waals surface area contributed by atoms with Crippen molar-refractivity contribution < 1.29 is 48.8 Å². The molecule has 0 radical (unpaired) electrons. The molecule has 4 unspecified atom stereocenters. The largest absolute Gasteiger partial charge is 0.508 e. The minimum Gasteiger partial charge on any atom is -0.508 e. The number of piperazine rings is 4. The first kappa shape index (κ1) is 68.0. The molecule has 0 saturated carbocycles. The summed E-state index contributed by atoms with van der Waals surface area (Å²) in [5.74, 6) is 2.10. The number of aromatic hydroxyl groups is 2. The lowest BCUT2D eigenvalue weighted by Crippen LogP contribution is -2.54. The fraction of sp³-hybridized carbons (Fsp3) is 0.371. The maximum Gasteiger partial charge on any atom is 0.492 e. The fourth-order valence-electron chi connectivity index (χ4n) is 13.6. The van der Waals surface area contributed by atoms with Gasteiger partial charge in [-0.15, -0.1) is 20.4 Å². The van der Waals surface area contributed by atoms with Gasteiger partial charge >= 0.3 is 19.3 Å². The zero-order valence-electron chi connectivity index (χ0n) is 54.5. The third-order valence-corrected chi connectivity index (χ3v) is 18.8. The van der Waals surface area contributed by atoms with Crippen LogP contribution in [0.2, 0.25) is 5.15 Å². The Hall–Kier alpha value is -9.93. The Balaban J connectivity index is 0.000000164. The second kappa shape index (κ2) is 32.4. The summed E-state index contributed by atoms with van der Waals surface area (Å²) in [5, 5.41) is 53.2. The number of carbonyl (C=O) groups excluding carboxylic acids is 2. The molecule has 6 aliphatic rings. The number of para-hydroxylation sites is 2. The second-order valence-corrected chi connectivity index (χ2v) is 25.3. The van der Waals surface area contributed by atoms with Crippen LogP contribution in [0.15, 0.2) is 158 Å². The molecule has 10 heterocycles. The van der Waals surface area contributed by atoms with Crippen molar-refractivity contribution in [3.8, 4) is 34.5 Å². The number of pyridine rings is 2. The smallest absolute Gasteiger partial charge is 0.492 e. The summed E-state index contributed by atoms with van der Waals surface area (Å²) < 4.78 is 23.2. The van der Waals surface area contributed by atoms with E-state index in [1.165, 1.54) is 12.1 Å². The molecule has 0 spiro atoms.